The summed E-state index contributed by atoms with van der Waals surface area (Å²) in [6, 6.07) is 16.7. The minimum absolute atomic E-state index is 0.349. The minimum Gasteiger partial charge on any atom is -0.497 e. The standard InChI is InChI=1S/C25H27N3O4/c1-31-20-10-6-9-19(15-20)23-22(24(29)32-2)21(26-25(30)27-23)16-28-13-11-18(12-14-28)17-7-4-3-5-8-17/h3-11,15,23H,12-14,16H2,1-2H3,(H2,26,27,30). The Morgan fingerprint density at radius 3 is 2.62 bits per heavy atom. The van der Waals surface area contributed by atoms with Crippen LogP contribution in [0.15, 0.2) is 71.9 Å². The maximum absolute atomic E-state index is 12.8. The number of ether oxygens (including phenoxy) is 2. The molecule has 0 aliphatic carbocycles. The molecule has 1 atom stereocenters. The van der Waals surface area contributed by atoms with Gasteiger partial charge in [-0.1, -0.05) is 48.5 Å². The molecule has 0 fully saturated rings. The van der Waals surface area contributed by atoms with E-state index in [9.17, 15) is 9.59 Å². The maximum Gasteiger partial charge on any atom is 0.338 e. The molecule has 0 saturated heterocycles. The van der Waals surface area contributed by atoms with Crippen molar-refractivity contribution in [3.05, 3.63) is 83.1 Å². The molecular weight excluding hydrogens is 406 g/mol. The number of esters is 1. The summed E-state index contributed by atoms with van der Waals surface area (Å²) in [5.74, 6) is 0.175. The third-order valence-corrected chi connectivity index (χ3v) is 5.81. The molecule has 2 aromatic carbocycles. The van der Waals surface area contributed by atoms with Gasteiger partial charge >= 0.3 is 12.0 Å². The number of hydrogen-bond acceptors (Lipinski definition) is 5. The highest BCUT2D eigenvalue weighted by molar-refractivity contribution is 5.95. The van der Waals surface area contributed by atoms with Gasteiger partial charge in [-0.2, -0.15) is 0 Å². The van der Waals surface area contributed by atoms with E-state index in [1.807, 2.05) is 42.5 Å². The zero-order chi connectivity index (χ0) is 22.5. The predicted molar refractivity (Wildman–Crippen MR) is 122 cm³/mol. The van der Waals surface area contributed by atoms with E-state index in [2.05, 4.69) is 33.7 Å². The molecule has 166 valence electrons. The van der Waals surface area contributed by atoms with E-state index in [1.165, 1.54) is 18.2 Å². The molecule has 32 heavy (non-hydrogen) atoms. The summed E-state index contributed by atoms with van der Waals surface area (Å²) in [4.78, 5) is 27.5. The molecule has 4 rings (SSSR count). The van der Waals surface area contributed by atoms with Crippen LogP contribution in [-0.4, -0.2) is 50.8 Å². The van der Waals surface area contributed by atoms with Crippen molar-refractivity contribution in [2.75, 3.05) is 33.9 Å². The van der Waals surface area contributed by atoms with E-state index in [0.29, 0.717) is 23.6 Å². The Bertz CT molecular complexity index is 1060. The molecule has 0 bridgehead atoms. The first-order valence-electron chi connectivity index (χ1n) is 10.6. The second-order valence-electron chi connectivity index (χ2n) is 7.77. The molecule has 7 heteroatoms. The summed E-state index contributed by atoms with van der Waals surface area (Å²) < 4.78 is 10.4. The van der Waals surface area contributed by atoms with Gasteiger partial charge in [0.15, 0.2) is 0 Å². The number of carbonyl (C=O) groups is 2. The minimum atomic E-state index is -0.624. The summed E-state index contributed by atoms with van der Waals surface area (Å²) in [5, 5.41) is 5.69. The molecule has 0 radical (unpaired) electrons. The fourth-order valence-electron chi connectivity index (χ4n) is 4.16. The van der Waals surface area contributed by atoms with Crippen molar-refractivity contribution in [1.29, 1.82) is 0 Å². The Morgan fingerprint density at radius 1 is 1.12 bits per heavy atom. The van der Waals surface area contributed by atoms with E-state index in [1.54, 1.807) is 7.11 Å². The number of nitrogens with one attached hydrogen (secondary N) is 2. The second kappa shape index (κ2) is 9.70. The number of amides is 2. The molecule has 7 nitrogen and oxygen atoms in total. The van der Waals surface area contributed by atoms with Gasteiger partial charge in [0.1, 0.15) is 5.75 Å². The van der Waals surface area contributed by atoms with Gasteiger partial charge in [0.25, 0.3) is 0 Å². The normalized spacial score (nSPS) is 19.0. The van der Waals surface area contributed by atoms with Crippen molar-refractivity contribution in [3.8, 4) is 5.75 Å². The number of carbonyl (C=O) groups excluding carboxylic acids is 2. The molecule has 2 aliphatic rings. The van der Waals surface area contributed by atoms with Crippen molar-refractivity contribution in [1.82, 2.24) is 15.5 Å². The monoisotopic (exact) mass is 433 g/mol. The Balaban J connectivity index is 1.61. The van der Waals surface area contributed by atoms with E-state index in [0.717, 1.165) is 25.1 Å². The van der Waals surface area contributed by atoms with Gasteiger partial charge in [-0.15, -0.1) is 0 Å². The summed E-state index contributed by atoms with van der Waals surface area (Å²) in [6.45, 7) is 2.00. The topological polar surface area (TPSA) is 79.9 Å². The molecule has 0 spiro atoms. The van der Waals surface area contributed by atoms with E-state index >= 15 is 0 Å². The van der Waals surface area contributed by atoms with Crippen LogP contribution in [0.25, 0.3) is 5.57 Å². The molecule has 2 amide bonds. The number of benzene rings is 2. The van der Waals surface area contributed by atoms with E-state index in [4.69, 9.17) is 9.47 Å². The summed E-state index contributed by atoms with van der Waals surface area (Å²) >= 11 is 0. The molecule has 2 heterocycles. The first kappa shape index (κ1) is 21.6. The lowest BCUT2D eigenvalue weighted by atomic mass is 9.94. The molecule has 2 N–H and O–H groups in total. The van der Waals surface area contributed by atoms with Crippen LogP contribution in [0, 0.1) is 0 Å². The lowest BCUT2D eigenvalue weighted by Crippen LogP contribution is -2.48. The van der Waals surface area contributed by atoms with Gasteiger partial charge < -0.3 is 20.1 Å². The van der Waals surface area contributed by atoms with Gasteiger partial charge in [0, 0.05) is 25.3 Å². The van der Waals surface area contributed by atoms with Crippen LogP contribution >= 0.6 is 0 Å². The fraction of sp³-hybridized carbons (Fsp3) is 0.280. The number of nitrogens with zero attached hydrogens (tertiary/aromatic N) is 1. The van der Waals surface area contributed by atoms with Crippen LogP contribution in [0.2, 0.25) is 0 Å². The van der Waals surface area contributed by atoms with Gasteiger partial charge in [-0.05, 0) is 35.3 Å². The Morgan fingerprint density at radius 2 is 1.94 bits per heavy atom. The highest BCUT2D eigenvalue weighted by Crippen LogP contribution is 2.30. The molecule has 2 aliphatic heterocycles. The molecule has 2 aromatic rings. The molecule has 0 saturated carbocycles. The average molecular weight is 434 g/mol. The molecular formula is C25H27N3O4. The summed E-state index contributed by atoms with van der Waals surface area (Å²) in [7, 11) is 2.93. The largest absolute Gasteiger partial charge is 0.497 e. The highest BCUT2D eigenvalue weighted by Gasteiger charge is 2.34. The van der Waals surface area contributed by atoms with Crippen molar-refractivity contribution < 1.29 is 19.1 Å². The van der Waals surface area contributed by atoms with Crippen LogP contribution in [0.4, 0.5) is 4.79 Å². The molecule has 0 aromatic heterocycles. The van der Waals surface area contributed by atoms with Gasteiger partial charge in [-0.25, -0.2) is 9.59 Å². The third kappa shape index (κ3) is 4.68. The highest BCUT2D eigenvalue weighted by atomic mass is 16.5. The lowest BCUT2D eigenvalue weighted by Gasteiger charge is -2.33. The van der Waals surface area contributed by atoms with Crippen LogP contribution in [0.3, 0.4) is 0 Å². The number of hydrogen-bond donors (Lipinski definition) is 2. The first-order chi connectivity index (χ1) is 15.6. The van der Waals surface area contributed by atoms with Crippen LogP contribution in [0.1, 0.15) is 23.6 Å². The van der Waals surface area contributed by atoms with E-state index < -0.39 is 12.0 Å². The summed E-state index contributed by atoms with van der Waals surface area (Å²) in [6.07, 6.45) is 3.11. The zero-order valence-electron chi connectivity index (χ0n) is 18.3. The van der Waals surface area contributed by atoms with Crippen molar-refractivity contribution in [3.63, 3.8) is 0 Å². The van der Waals surface area contributed by atoms with Crippen molar-refractivity contribution in [2.45, 2.75) is 12.5 Å². The Labute approximate surface area is 187 Å². The van der Waals surface area contributed by atoms with Crippen LogP contribution in [0.5, 0.6) is 5.75 Å². The van der Waals surface area contributed by atoms with Gasteiger partial charge in [0.05, 0.1) is 25.8 Å². The number of urea groups is 1. The number of rotatable bonds is 6. The quantitative estimate of drug-likeness (QED) is 0.684. The van der Waals surface area contributed by atoms with Crippen LogP contribution < -0.4 is 15.4 Å². The van der Waals surface area contributed by atoms with Gasteiger partial charge in [0.2, 0.25) is 0 Å². The van der Waals surface area contributed by atoms with E-state index in [-0.39, 0.29) is 6.03 Å². The summed E-state index contributed by atoms with van der Waals surface area (Å²) in [5.41, 5.74) is 4.26. The third-order valence-electron chi connectivity index (χ3n) is 5.81. The first-order valence-corrected chi connectivity index (χ1v) is 10.6. The fourth-order valence-corrected chi connectivity index (χ4v) is 4.16. The average Bonchev–Trinajstić information content (AvgIpc) is 2.84. The number of methoxy groups -OCH3 is 2. The lowest BCUT2D eigenvalue weighted by molar-refractivity contribution is -0.136. The Hall–Kier alpha value is -3.58. The van der Waals surface area contributed by atoms with Gasteiger partial charge in [-0.3, -0.25) is 4.90 Å². The second-order valence-corrected chi connectivity index (χ2v) is 7.77. The maximum atomic E-state index is 12.8. The van der Waals surface area contributed by atoms with Crippen LogP contribution in [-0.2, 0) is 9.53 Å². The zero-order valence-corrected chi connectivity index (χ0v) is 18.3. The SMILES string of the molecule is COC(=O)C1=C(CN2CC=C(c3ccccc3)CC2)NC(=O)NC1c1cccc(OC)c1. The Kier molecular flexibility index (Phi) is 6.56. The smallest absolute Gasteiger partial charge is 0.338 e. The molecule has 1 unspecified atom stereocenters. The van der Waals surface area contributed by atoms with Crippen molar-refractivity contribution in [2.24, 2.45) is 0 Å². The van der Waals surface area contributed by atoms with Crippen molar-refractivity contribution >= 4 is 17.6 Å². The predicted octanol–water partition coefficient (Wildman–Crippen LogP) is 3.27.